The minimum Gasteiger partial charge on any atom is -0.328 e. The molecular formula is C14H13FN4. The second-order valence-corrected chi connectivity index (χ2v) is 4.57. The van der Waals surface area contributed by atoms with Gasteiger partial charge in [-0.25, -0.2) is 9.37 Å². The first kappa shape index (κ1) is 11.9. The molecular weight excluding hydrogens is 243 g/mol. The lowest BCUT2D eigenvalue weighted by atomic mass is 10.1. The largest absolute Gasteiger partial charge is 0.328 e. The zero-order chi connectivity index (χ0) is 13.2. The van der Waals surface area contributed by atoms with Gasteiger partial charge in [0.25, 0.3) is 0 Å². The van der Waals surface area contributed by atoms with E-state index in [0.29, 0.717) is 18.7 Å². The fraction of sp³-hybridized carbons (Fsp3) is 0.286. The summed E-state index contributed by atoms with van der Waals surface area (Å²) in [5.41, 5.74) is 2.44. The average molecular weight is 256 g/mol. The van der Waals surface area contributed by atoms with Crippen molar-refractivity contribution in [2.24, 2.45) is 0 Å². The van der Waals surface area contributed by atoms with E-state index in [2.05, 4.69) is 20.9 Å². The van der Waals surface area contributed by atoms with Crippen LogP contribution in [0.1, 0.15) is 22.8 Å². The summed E-state index contributed by atoms with van der Waals surface area (Å²) in [5, 5.41) is 12.3. The van der Waals surface area contributed by atoms with Gasteiger partial charge >= 0.3 is 0 Å². The van der Waals surface area contributed by atoms with Crippen molar-refractivity contribution in [2.45, 2.75) is 19.5 Å². The number of nitrogens with zero attached hydrogens (tertiary/aromatic N) is 3. The Morgan fingerprint density at radius 2 is 2.16 bits per heavy atom. The molecule has 1 aromatic heterocycles. The molecule has 5 heteroatoms. The highest BCUT2D eigenvalue weighted by Crippen LogP contribution is 2.17. The lowest BCUT2D eigenvalue weighted by Crippen LogP contribution is -2.29. The predicted octanol–water partition coefficient (Wildman–Crippen LogP) is 1.59. The number of rotatable bonds is 2. The highest BCUT2D eigenvalue weighted by atomic mass is 19.1. The van der Waals surface area contributed by atoms with Gasteiger partial charge in [0.15, 0.2) is 5.69 Å². The van der Waals surface area contributed by atoms with Crippen molar-refractivity contribution in [2.75, 3.05) is 6.54 Å². The van der Waals surface area contributed by atoms with Crippen LogP contribution in [0, 0.1) is 17.1 Å². The predicted molar refractivity (Wildman–Crippen MR) is 67.9 cm³/mol. The van der Waals surface area contributed by atoms with Crippen LogP contribution in [-0.4, -0.2) is 16.1 Å². The first-order valence-electron chi connectivity index (χ1n) is 6.21. The third-order valence-electron chi connectivity index (χ3n) is 3.34. The van der Waals surface area contributed by atoms with E-state index in [4.69, 9.17) is 5.26 Å². The lowest BCUT2D eigenvalue weighted by molar-refractivity contribution is 0.503. The van der Waals surface area contributed by atoms with E-state index in [0.717, 1.165) is 30.2 Å². The van der Waals surface area contributed by atoms with Crippen LogP contribution in [-0.2, 0) is 19.5 Å². The summed E-state index contributed by atoms with van der Waals surface area (Å²) in [7, 11) is 0. The smallest absolute Gasteiger partial charge is 0.163 e. The zero-order valence-corrected chi connectivity index (χ0v) is 10.4. The number of hydrogen-bond donors (Lipinski definition) is 1. The number of nitriles is 1. The van der Waals surface area contributed by atoms with Gasteiger partial charge in [-0.05, 0) is 17.7 Å². The zero-order valence-electron chi connectivity index (χ0n) is 10.4. The van der Waals surface area contributed by atoms with Gasteiger partial charge in [0, 0.05) is 26.1 Å². The van der Waals surface area contributed by atoms with Crippen molar-refractivity contribution in [1.82, 2.24) is 14.9 Å². The Kier molecular flexibility index (Phi) is 3.02. The molecule has 2 aromatic rings. The summed E-state index contributed by atoms with van der Waals surface area (Å²) in [4.78, 5) is 4.40. The molecule has 3 rings (SSSR count). The molecule has 0 unspecified atom stereocenters. The Balaban J connectivity index is 1.95. The van der Waals surface area contributed by atoms with E-state index >= 15 is 0 Å². The maximum Gasteiger partial charge on any atom is 0.163 e. The molecule has 0 atom stereocenters. The number of fused-ring (bicyclic) bond motifs is 1. The Morgan fingerprint density at radius 3 is 2.89 bits per heavy atom. The van der Waals surface area contributed by atoms with Gasteiger partial charge in [0.05, 0.1) is 5.69 Å². The summed E-state index contributed by atoms with van der Waals surface area (Å²) < 4.78 is 15.0. The van der Waals surface area contributed by atoms with Crippen LogP contribution in [0.5, 0.6) is 0 Å². The minimum atomic E-state index is -0.240. The molecule has 1 N–H and O–H groups in total. The molecule has 0 aliphatic carbocycles. The second kappa shape index (κ2) is 4.82. The third kappa shape index (κ3) is 2.23. The molecule has 0 radical (unpaired) electrons. The summed E-state index contributed by atoms with van der Waals surface area (Å²) in [6.45, 7) is 2.38. The minimum absolute atomic E-state index is 0.240. The molecule has 0 amide bonds. The van der Waals surface area contributed by atoms with Crippen LogP contribution in [0.15, 0.2) is 24.3 Å². The van der Waals surface area contributed by atoms with Crippen LogP contribution in [0.2, 0.25) is 0 Å². The molecule has 0 spiro atoms. The van der Waals surface area contributed by atoms with Crippen molar-refractivity contribution < 1.29 is 4.39 Å². The van der Waals surface area contributed by atoms with E-state index in [-0.39, 0.29) is 5.82 Å². The van der Waals surface area contributed by atoms with Gasteiger partial charge in [0.2, 0.25) is 0 Å². The number of aromatic nitrogens is 2. The lowest BCUT2D eigenvalue weighted by Gasteiger charge is -2.17. The van der Waals surface area contributed by atoms with Crippen LogP contribution in [0.4, 0.5) is 4.39 Å². The molecule has 2 heterocycles. The van der Waals surface area contributed by atoms with Gasteiger partial charge in [0.1, 0.15) is 17.7 Å². The first-order chi connectivity index (χ1) is 9.28. The summed E-state index contributed by atoms with van der Waals surface area (Å²) in [6, 6.07) is 8.54. The fourth-order valence-electron chi connectivity index (χ4n) is 2.39. The molecule has 0 fully saturated rings. The Hall–Kier alpha value is -2.19. The first-order valence-corrected chi connectivity index (χ1v) is 6.21. The van der Waals surface area contributed by atoms with Crippen molar-refractivity contribution in [1.29, 1.82) is 5.26 Å². The van der Waals surface area contributed by atoms with E-state index in [9.17, 15) is 4.39 Å². The van der Waals surface area contributed by atoms with Crippen molar-refractivity contribution >= 4 is 0 Å². The average Bonchev–Trinajstić information content (AvgIpc) is 2.80. The summed E-state index contributed by atoms with van der Waals surface area (Å²) >= 11 is 0. The quantitative estimate of drug-likeness (QED) is 0.887. The van der Waals surface area contributed by atoms with Gasteiger partial charge in [-0.1, -0.05) is 12.1 Å². The molecule has 1 aromatic carbocycles. The van der Waals surface area contributed by atoms with Gasteiger partial charge in [-0.2, -0.15) is 5.26 Å². The topological polar surface area (TPSA) is 53.6 Å². The molecule has 1 aliphatic rings. The molecule has 4 nitrogen and oxygen atoms in total. The third-order valence-corrected chi connectivity index (χ3v) is 3.34. The Labute approximate surface area is 110 Å². The van der Waals surface area contributed by atoms with E-state index < -0.39 is 0 Å². The molecule has 0 saturated carbocycles. The number of imidazole rings is 1. The van der Waals surface area contributed by atoms with Gasteiger partial charge in [-0.15, -0.1) is 0 Å². The number of nitrogens with one attached hydrogen (secondary N) is 1. The maximum absolute atomic E-state index is 12.9. The standard InChI is InChI=1S/C14H13FN4/c15-11-3-1-10(2-4-11)7-14-18-12(8-16)13-9-17-5-6-19(13)14/h1-4,17H,5-7,9H2. The number of halogens is 1. The molecule has 1 aliphatic heterocycles. The monoisotopic (exact) mass is 256 g/mol. The van der Waals surface area contributed by atoms with Crippen molar-refractivity contribution in [3.8, 4) is 6.07 Å². The summed E-state index contributed by atoms with van der Waals surface area (Å²) in [6.07, 6.45) is 0.620. The molecule has 0 saturated heterocycles. The summed E-state index contributed by atoms with van der Waals surface area (Å²) in [5.74, 6) is 0.635. The van der Waals surface area contributed by atoms with Gasteiger partial charge in [-0.3, -0.25) is 0 Å². The van der Waals surface area contributed by atoms with E-state index in [1.54, 1.807) is 12.1 Å². The van der Waals surface area contributed by atoms with Crippen LogP contribution in [0.3, 0.4) is 0 Å². The normalized spacial score (nSPS) is 13.9. The van der Waals surface area contributed by atoms with E-state index in [1.807, 2.05) is 0 Å². The SMILES string of the molecule is N#Cc1nc(Cc2ccc(F)cc2)n2c1CNCC2. The van der Waals surface area contributed by atoms with Crippen LogP contribution in [0.25, 0.3) is 0 Å². The number of benzene rings is 1. The molecule has 0 bridgehead atoms. The Morgan fingerprint density at radius 1 is 1.37 bits per heavy atom. The second-order valence-electron chi connectivity index (χ2n) is 4.57. The molecule has 19 heavy (non-hydrogen) atoms. The van der Waals surface area contributed by atoms with Gasteiger partial charge < -0.3 is 9.88 Å². The van der Waals surface area contributed by atoms with Crippen LogP contribution >= 0.6 is 0 Å². The van der Waals surface area contributed by atoms with Crippen molar-refractivity contribution in [3.63, 3.8) is 0 Å². The highest BCUT2D eigenvalue weighted by molar-refractivity contribution is 5.32. The van der Waals surface area contributed by atoms with E-state index in [1.165, 1.54) is 12.1 Å². The Bertz CT molecular complexity index is 637. The number of hydrogen-bond acceptors (Lipinski definition) is 3. The highest BCUT2D eigenvalue weighted by Gasteiger charge is 2.19. The fourth-order valence-corrected chi connectivity index (χ4v) is 2.39. The van der Waals surface area contributed by atoms with Crippen LogP contribution < -0.4 is 5.32 Å². The molecule has 96 valence electrons. The van der Waals surface area contributed by atoms with Crippen molar-refractivity contribution in [3.05, 3.63) is 52.9 Å². The maximum atomic E-state index is 12.9.